The number of nitrogens with zero attached hydrogens (tertiary/aromatic N) is 1. The van der Waals surface area contributed by atoms with Gasteiger partial charge in [-0.25, -0.2) is 0 Å². The number of benzene rings is 2. The number of carbonyl (C=O) groups is 2. The highest BCUT2D eigenvalue weighted by Gasteiger charge is 2.38. The summed E-state index contributed by atoms with van der Waals surface area (Å²) in [6, 6.07) is 16.7. The molecule has 1 aliphatic carbocycles. The number of nitrogens with one attached hydrogen (secondary N) is 1. The van der Waals surface area contributed by atoms with Crippen molar-refractivity contribution in [1.82, 2.24) is 5.32 Å². The lowest BCUT2D eigenvalue weighted by atomic mass is 10.2. The van der Waals surface area contributed by atoms with Crippen molar-refractivity contribution in [1.29, 1.82) is 0 Å². The lowest BCUT2D eigenvalue weighted by molar-refractivity contribution is -0.124. The number of para-hydroxylation sites is 1. The van der Waals surface area contributed by atoms with Crippen LogP contribution in [0, 0.1) is 0 Å². The second kappa shape index (κ2) is 6.59. The fourth-order valence-electron chi connectivity index (χ4n) is 3.08. The van der Waals surface area contributed by atoms with Gasteiger partial charge in [-0.3, -0.25) is 14.5 Å². The van der Waals surface area contributed by atoms with E-state index < -0.39 is 6.04 Å². The molecular weight excluding hydrogens is 316 g/mol. The Bertz CT molecular complexity index is 769. The number of rotatable bonds is 5. The molecule has 4 rings (SSSR count). The van der Waals surface area contributed by atoms with Crippen molar-refractivity contribution in [2.24, 2.45) is 0 Å². The third-order valence-corrected chi connectivity index (χ3v) is 4.53. The van der Waals surface area contributed by atoms with Crippen LogP contribution >= 0.6 is 0 Å². The minimum absolute atomic E-state index is 0.00678. The van der Waals surface area contributed by atoms with Crippen LogP contribution in [0.1, 0.15) is 25.7 Å². The number of hydrogen-bond donors (Lipinski definition) is 1. The molecule has 1 saturated carbocycles. The first-order valence-electron chi connectivity index (χ1n) is 8.66. The van der Waals surface area contributed by atoms with E-state index in [1.165, 1.54) is 0 Å². The number of ether oxygens (including phenoxy) is 1. The molecule has 25 heavy (non-hydrogen) atoms. The van der Waals surface area contributed by atoms with Crippen LogP contribution in [0.2, 0.25) is 0 Å². The summed E-state index contributed by atoms with van der Waals surface area (Å²) in [4.78, 5) is 26.3. The standard InChI is InChI=1S/C20H20N2O3/c23-19-13-12-18(20(24)21-14-6-7-14)22(19)15-8-10-17(11-9-15)25-16-4-2-1-3-5-16/h1-5,8-11,14,18H,6-7,12-13H2,(H,21,24). The van der Waals surface area contributed by atoms with Crippen LogP contribution in [-0.4, -0.2) is 23.9 Å². The third kappa shape index (κ3) is 3.50. The van der Waals surface area contributed by atoms with Gasteiger partial charge in [0.25, 0.3) is 0 Å². The molecule has 1 unspecified atom stereocenters. The molecule has 1 saturated heterocycles. The minimum Gasteiger partial charge on any atom is -0.457 e. The molecule has 0 spiro atoms. The highest BCUT2D eigenvalue weighted by Crippen LogP contribution is 2.30. The van der Waals surface area contributed by atoms with Crippen LogP contribution in [0.15, 0.2) is 54.6 Å². The Labute approximate surface area is 146 Å². The molecular formula is C20H20N2O3. The highest BCUT2D eigenvalue weighted by molar-refractivity contribution is 6.03. The quantitative estimate of drug-likeness (QED) is 0.912. The molecule has 0 aromatic heterocycles. The van der Waals surface area contributed by atoms with Gasteiger partial charge < -0.3 is 10.1 Å². The van der Waals surface area contributed by atoms with Gasteiger partial charge in [0.15, 0.2) is 0 Å². The number of carbonyl (C=O) groups excluding carboxylic acids is 2. The maximum atomic E-state index is 12.4. The molecule has 1 aliphatic heterocycles. The molecule has 0 radical (unpaired) electrons. The average Bonchev–Trinajstić information content (AvgIpc) is 3.36. The first-order chi connectivity index (χ1) is 12.2. The van der Waals surface area contributed by atoms with Crippen LogP contribution in [-0.2, 0) is 9.59 Å². The van der Waals surface area contributed by atoms with E-state index in [4.69, 9.17) is 4.74 Å². The predicted octanol–water partition coefficient (Wildman–Crippen LogP) is 3.25. The Hall–Kier alpha value is -2.82. The van der Waals surface area contributed by atoms with Gasteiger partial charge in [-0.1, -0.05) is 18.2 Å². The van der Waals surface area contributed by atoms with Gasteiger partial charge in [-0.15, -0.1) is 0 Å². The van der Waals surface area contributed by atoms with E-state index in [1.807, 2.05) is 54.6 Å². The lowest BCUT2D eigenvalue weighted by Crippen LogP contribution is -2.45. The van der Waals surface area contributed by atoms with Crippen molar-refractivity contribution >= 4 is 17.5 Å². The molecule has 1 atom stereocenters. The molecule has 2 aromatic carbocycles. The van der Waals surface area contributed by atoms with Gasteiger partial charge in [0.2, 0.25) is 11.8 Å². The summed E-state index contributed by atoms with van der Waals surface area (Å²) in [6.07, 6.45) is 3.06. The van der Waals surface area contributed by atoms with E-state index >= 15 is 0 Å². The molecule has 2 fully saturated rings. The van der Waals surface area contributed by atoms with Crippen LogP contribution in [0.25, 0.3) is 0 Å². The van der Waals surface area contributed by atoms with Crippen molar-refractivity contribution in [3.05, 3.63) is 54.6 Å². The van der Waals surface area contributed by atoms with Gasteiger partial charge in [-0.2, -0.15) is 0 Å². The molecule has 1 heterocycles. The number of anilines is 1. The molecule has 128 valence electrons. The van der Waals surface area contributed by atoms with E-state index in [0.717, 1.165) is 24.3 Å². The summed E-state index contributed by atoms with van der Waals surface area (Å²) in [5.41, 5.74) is 0.735. The molecule has 1 N–H and O–H groups in total. The average molecular weight is 336 g/mol. The van der Waals surface area contributed by atoms with Crippen LogP contribution < -0.4 is 15.0 Å². The summed E-state index contributed by atoms with van der Waals surface area (Å²) < 4.78 is 5.78. The van der Waals surface area contributed by atoms with Crippen LogP contribution in [0.3, 0.4) is 0 Å². The molecule has 2 aliphatic rings. The fourth-order valence-corrected chi connectivity index (χ4v) is 3.08. The van der Waals surface area contributed by atoms with E-state index in [1.54, 1.807) is 4.90 Å². The van der Waals surface area contributed by atoms with E-state index in [9.17, 15) is 9.59 Å². The van der Waals surface area contributed by atoms with Crippen molar-refractivity contribution in [3.8, 4) is 11.5 Å². The third-order valence-electron chi connectivity index (χ3n) is 4.53. The summed E-state index contributed by atoms with van der Waals surface area (Å²) >= 11 is 0. The van der Waals surface area contributed by atoms with Gasteiger partial charge in [-0.05, 0) is 55.7 Å². The second-order valence-electron chi connectivity index (χ2n) is 6.51. The highest BCUT2D eigenvalue weighted by atomic mass is 16.5. The fraction of sp³-hybridized carbons (Fsp3) is 0.300. The van der Waals surface area contributed by atoms with Crippen molar-refractivity contribution in [2.45, 2.75) is 37.8 Å². The van der Waals surface area contributed by atoms with Crippen LogP contribution in [0.4, 0.5) is 5.69 Å². The van der Waals surface area contributed by atoms with Crippen molar-refractivity contribution in [3.63, 3.8) is 0 Å². The first kappa shape index (κ1) is 15.7. The summed E-state index contributed by atoms with van der Waals surface area (Å²) in [7, 11) is 0. The van der Waals surface area contributed by atoms with E-state index in [-0.39, 0.29) is 11.8 Å². The zero-order chi connectivity index (χ0) is 17.2. The molecule has 2 amide bonds. The predicted molar refractivity (Wildman–Crippen MR) is 94.6 cm³/mol. The SMILES string of the molecule is O=C(NC1CC1)C1CCC(=O)N1c1ccc(Oc2ccccc2)cc1. The lowest BCUT2D eigenvalue weighted by Gasteiger charge is -2.24. The Kier molecular flexibility index (Phi) is 4.14. The van der Waals surface area contributed by atoms with Crippen molar-refractivity contribution < 1.29 is 14.3 Å². The van der Waals surface area contributed by atoms with Gasteiger partial charge >= 0.3 is 0 Å². The second-order valence-corrected chi connectivity index (χ2v) is 6.51. The van der Waals surface area contributed by atoms with Gasteiger partial charge in [0.1, 0.15) is 17.5 Å². The maximum Gasteiger partial charge on any atom is 0.243 e. The number of amides is 2. The molecule has 5 heteroatoms. The van der Waals surface area contributed by atoms with Crippen molar-refractivity contribution in [2.75, 3.05) is 4.90 Å². The number of hydrogen-bond acceptors (Lipinski definition) is 3. The Morgan fingerprint density at radius 2 is 1.64 bits per heavy atom. The Balaban J connectivity index is 1.49. The monoisotopic (exact) mass is 336 g/mol. The Morgan fingerprint density at radius 3 is 2.32 bits per heavy atom. The van der Waals surface area contributed by atoms with E-state index in [2.05, 4.69) is 5.32 Å². The first-order valence-corrected chi connectivity index (χ1v) is 8.66. The molecule has 5 nitrogen and oxygen atoms in total. The van der Waals surface area contributed by atoms with Crippen LogP contribution in [0.5, 0.6) is 11.5 Å². The Morgan fingerprint density at radius 1 is 0.960 bits per heavy atom. The van der Waals surface area contributed by atoms with Gasteiger partial charge in [0, 0.05) is 18.2 Å². The zero-order valence-corrected chi connectivity index (χ0v) is 13.9. The summed E-state index contributed by atoms with van der Waals surface area (Å²) in [5.74, 6) is 1.40. The normalized spacial score (nSPS) is 19.8. The zero-order valence-electron chi connectivity index (χ0n) is 13.9. The molecule has 0 bridgehead atoms. The topological polar surface area (TPSA) is 58.6 Å². The molecule has 2 aromatic rings. The van der Waals surface area contributed by atoms with E-state index in [0.29, 0.717) is 24.6 Å². The van der Waals surface area contributed by atoms with Gasteiger partial charge in [0.05, 0.1) is 0 Å². The summed E-state index contributed by atoms with van der Waals surface area (Å²) in [5, 5.41) is 3.00. The smallest absolute Gasteiger partial charge is 0.243 e. The minimum atomic E-state index is -0.408. The maximum absolute atomic E-state index is 12.4. The largest absolute Gasteiger partial charge is 0.457 e. The summed E-state index contributed by atoms with van der Waals surface area (Å²) in [6.45, 7) is 0.